The Kier molecular flexibility index (Phi) is 8.31. The molecule has 2 aromatic rings. The van der Waals surface area contributed by atoms with Crippen molar-refractivity contribution in [2.45, 2.75) is 32.4 Å². The Bertz CT molecular complexity index is 1080. The molecule has 3 amide bonds. The van der Waals surface area contributed by atoms with Crippen molar-refractivity contribution >= 4 is 35.5 Å². The topological polar surface area (TPSA) is 136 Å². The van der Waals surface area contributed by atoms with Crippen molar-refractivity contribution in [1.29, 1.82) is 0 Å². The van der Waals surface area contributed by atoms with Crippen LogP contribution < -0.4 is 16.0 Å². The summed E-state index contributed by atoms with van der Waals surface area (Å²) in [6.45, 7) is 2.69. The van der Waals surface area contributed by atoms with Crippen LogP contribution >= 0.6 is 11.6 Å². The fourth-order valence-electron chi connectivity index (χ4n) is 3.42. The van der Waals surface area contributed by atoms with Crippen LogP contribution in [0.1, 0.15) is 43.7 Å². The molecule has 1 aromatic carbocycles. The van der Waals surface area contributed by atoms with E-state index < -0.39 is 36.7 Å². The fraction of sp³-hybridized carbons (Fsp3) is 0.304. The zero-order chi connectivity index (χ0) is 24.7. The van der Waals surface area contributed by atoms with Gasteiger partial charge >= 0.3 is 18.0 Å². The SMILES string of the molecule is CCOC(=O)C1=C(COC(=O)CC(NC(C)=O)c2ccc(Cl)cc2)NC(=O)NC1c1ccco1. The van der Waals surface area contributed by atoms with Crippen LogP contribution in [0, 0.1) is 0 Å². The van der Waals surface area contributed by atoms with Crippen molar-refractivity contribution in [1.82, 2.24) is 16.0 Å². The van der Waals surface area contributed by atoms with Crippen LogP contribution in [0.2, 0.25) is 5.02 Å². The van der Waals surface area contributed by atoms with Gasteiger partial charge in [0, 0.05) is 11.9 Å². The number of amides is 3. The first-order valence-corrected chi connectivity index (χ1v) is 10.9. The van der Waals surface area contributed by atoms with E-state index in [0.717, 1.165) is 0 Å². The molecular weight excluding hydrogens is 466 g/mol. The van der Waals surface area contributed by atoms with Gasteiger partial charge in [0.25, 0.3) is 0 Å². The number of ether oxygens (including phenoxy) is 2. The highest BCUT2D eigenvalue weighted by Crippen LogP contribution is 2.28. The zero-order valence-electron chi connectivity index (χ0n) is 18.6. The number of rotatable bonds is 9. The normalized spacial score (nSPS) is 16.2. The Morgan fingerprint density at radius 1 is 1.18 bits per heavy atom. The molecule has 1 aromatic heterocycles. The summed E-state index contributed by atoms with van der Waals surface area (Å²) in [5.41, 5.74) is 0.788. The van der Waals surface area contributed by atoms with Crippen LogP contribution in [0.5, 0.6) is 0 Å². The lowest BCUT2D eigenvalue weighted by Crippen LogP contribution is -2.47. The third kappa shape index (κ3) is 6.38. The number of furan rings is 1. The standard InChI is InChI=1S/C23H24ClN3O7/c1-3-32-22(30)20-17(26-23(31)27-21(20)18-5-4-10-33-18)12-34-19(29)11-16(25-13(2)28)14-6-8-15(24)9-7-14/h4-10,16,21H,3,11-12H2,1-2H3,(H,25,28)(H2,26,27,31). The smallest absolute Gasteiger partial charge is 0.338 e. The minimum absolute atomic E-state index is 0.0558. The van der Waals surface area contributed by atoms with Gasteiger partial charge in [-0.1, -0.05) is 23.7 Å². The zero-order valence-corrected chi connectivity index (χ0v) is 19.3. The number of nitrogens with one attached hydrogen (secondary N) is 3. The van der Waals surface area contributed by atoms with E-state index in [1.165, 1.54) is 13.2 Å². The molecular formula is C23H24ClN3O7. The molecule has 2 heterocycles. The molecule has 3 rings (SSSR count). The van der Waals surface area contributed by atoms with Crippen molar-refractivity contribution in [3.63, 3.8) is 0 Å². The molecule has 10 nitrogen and oxygen atoms in total. The molecule has 2 atom stereocenters. The summed E-state index contributed by atoms with van der Waals surface area (Å²) in [7, 11) is 0. The second-order valence-corrected chi connectivity index (χ2v) is 7.77. The Labute approximate surface area is 200 Å². The van der Waals surface area contributed by atoms with E-state index in [4.69, 9.17) is 25.5 Å². The highest BCUT2D eigenvalue weighted by Gasteiger charge is 2.35. The van der Waals surface area contributed by atoms with Crippen LogP contribution in [0.15, 0.2) is 58.3 Å². The highest BCUT2D eigenvalue weighted by molar-refractivity contribution is 6.30. The maximum atomic E-state index is 12.7. The molecule has 2 unspecified atom stereocenters. The molecule has 0 aliphatic carbocycles. The quantitative estimate of drug-likeness (QED) is 0.461. The van der Waals surface area contributed by atoms with E-state index in [9.17, 15) is 19.2 Å². The third-order valence-electron chi connectivity index (χ3n) is 4.87. The Hall–Kier alpha value is -3.79. The number of carbonyl (C=O) groups is 4. The summed E-state index contributed by atoms with van der Waals surface area (Å²) >= 11 is 5.92. The fourth-order valence-corrected chi connectivity index (χ4v) is 3.55. The number of halogens is 1. The summed E-state index contributed by atoms with van der Waals surface area (Å²) in [5.74, 6) is -1.37. The number of hydrogen-bond donors (Lipinski definition) is 3. The van der Waals surface area contributed by atoms with Crippen molar-refractivity contribution < 1.29 is 33.1 Å². The van der Waals surface area contributed by atoms with Gasteiger partial charge in [-0.2, -0.15) is 0 Å². The first kappa shape index (κ1) is 24.8. The number of hydrogen-bond acceptors (Lipinski definition) is 7. The summed E-state index contributed by atoms with van der Waals surface area (Å²) < 4.78 is 15.8. The highest BCUT2D eigenvalue weighted by atomic mass is 35.5. The third-order valence-corrected chi connectivity index (χ3v) is 5.13. The van der Waals surface area contributed by atoms with Crippen molar-refractivity contribution in [2.24, 2.45) is 0 Å². The second kappa shape index (κ2) is 11.4. The minimum atomic E-state index is -0.919. The lowest BCUT2D eigenvalue weighted by atomic mass is 10.0. The molecule has 11 heteroatoms. The maximum absolute atomic E-state index is 12.7. The number of benzene rings is 1. The number of carbonyl (C=O) groups excluding carboxylic acids is 4. The molecule has 0 bridgehead atoms. The average Bonchev–Trinajstić information content (AvgIpc) is 3.32. The molecule has 0 saturated carbocycles. The summed E-state index contributed by atoms with van der Waals surface area (Å²) in [6, 6.07) is 7.72. The summed E-state index contributed by atoms with van der Waals surface area (Å²) in [5, 5.41) is 8.32. The van der Waals surface area contributed by atoms with Crippen molar-refractivity contribution in [3.8, 4) is 0 Å². The van der Waals surface area contributed by atoms with Gasteiger partial charge in [0.1, 0.15) is 18.4 Å². The monoisotopic (exact) mass is 489 g/mol. The number of esters is 2. The van der Waals surface area contributed by atoms with E-state index in [1.807, 2.05) is 0 Å². The van der Waals surface area contributed by atoms with E-state index in [1.54, 1.807) is 43.3 Å². The van der Waals surface area contributed by atoms with Crippen LogP contribution in [-0.4, -0.2) is 37.1 Å². The molecule has 0 spiro atoms. The van der Waals surface area contributed by atoms with Gasteiger partial charge in [0.15, 0.2) is 0 Å². The summed E-state index contributed by atoms with van der Waals surface area (Å²) in [6.07, 6.45) is 1.22. The van der Waals surface area contributed by atoms with Gasteiger partial charge in [-0.25, -0.2) is 9.59 Å². The lowest BCUT2D eigenvalue weighted by Gasteiger charge is -2.27. The van der Waals surface area contributed by atoms with Gasteiger partial charge in [0.2, 0.25) is 5.91 Å². The van der Waals surface area contributed by atoms with Gasteiger partial charge in [-0.15, -0.1) is 0 Å². The largest absolute Gasteiger partial charge is 0.467 e. The van der Waals surface area contributed by atoms with Gasteiger partial charge in [-0.3, -0.25) is 9.59 Å². The van der Waals surface area contributed by atoms with Gasteiger partial charge in [0.05, 0.1) is 36.6 Å². The first-order valence-electron chi connectivity index (χ1n) is 10.5. The van der Waals surface area contributed by atoms with Crippen LogP contribution in [0.3, 0.4) is 0 Å². The minimum Gasteiger partial charge on any atom is -0.467 e. The molecule has 1 aliphatic heterocycles. The van der Waals surface area contributed by atoms with E-state index >= 15 is 0 Å². The van der Waals surface area contributed by atoms with Crippen LogP contribution in [-0.2, 0) is 23.9 Å². The van der Waals surface area contributed by atoms with Gasteiger partial charge < -0.3 is 29.8 Å². The molecule has 3 N–H and O–H groups in total. The summed E-state index contributed by atoms with van der Waals surface area (Å²) in [4.78, 5) is 49.1. The molecule has 0 saturated heterocycles. The molecule has 0 radical (unpaired) electrons. The predicted octanol–water partition coefficient (Wildman–Crippen LogP) is 2.91. The molecule has 1 aliphatic rings. The number of urea groups is 1. The van der Waals surface area contributed by atoms with Crippen molar-refractivity contribution in [2.75, 3.05) is 13.2 Å². The van der Waals surface area contributed by atoms with E-state index in [2.05, 4.69) is 16.0 Å². The molecule has 180 valence electrons. The molecule has 0 fully saturated rings. The second-order valence-electron chi connectivity index (χ2n) is 7.33. The van der Waals surface area contributed by atoms with E-state index in [0.29, 0.717) is 16.3 Å². The predicted molar refractivity (Wildman–Crippen MR) is 120 cm³/mol. The lowest BCUT2D eigenvalue weighted by molar-refractivity contribution is -0.144. The van der Waals surface area contributed by atoms with E-state index in [-0.39, 0.29) is 30.2 Å². The molecule has 34 heavy (non-hydrogen) atoms. The average molecular weight is 490 g/mol. The van der Waals surface area contributed by atoms with Crippen LogP contribution in [0.25, 0.3) is 0 Å². The first-order chi connectivity index (χ1) is 16.3. The Balaban J connectivity index is 1.79. The Morgan fingerprint density at radius 2 is 1.91 bits per heavy atom. The van der Waals surface area contributed by atoms with Crippen LogP contribution in [0.4, 0.5) is 4.79 Å². The van der Waals surface area contributed by atoms with Crippen molar-refractivity contribution in [3.05, 3.63) is 70.3 Å². The van der Waals surface area contributed by atoms with Gasteiger partial charge in [-0.05, 0) is 36.8 Å². The Morgan fingerprint density at radius 3 is 2.53 bits per heavy atom. The maximum Gasteiger partial charge on any atom is 0.338 e.